The zero-order chi connectivity index (χ0) is 15.4. The number of aryl methyl sites for hydroxylation is 1. The van der Waals surface area contributed by atoms with Crippen LogP contribution in [-0.2, 0) is 0 Å². The van der Waals surface area contributed by atoms with Gasteiger partial charge in [-0.2, -0.15) is 8.78 Å². The maximum absolute atomic E-state index is 12.3. The van der Waals surface area contributed by atoms with E-state index < -0.39 is 12.7 Å². The minimum atomic E-state index is -2.91. The van der Waals surface area contributed by atoms with Gasteiger partial charge in [-0.1, -0.05) is 6.07 Å². The van der Waals surface area contributed by atoms with Gasteiger partial charge in [-0.05, 0) is 31.4 Å². The monoisotopic (exact) mass is 300 g/mol. The lowest BCUT2D eigenvalue weighted by molar-refractivity contribution is -0.0502. The van der Waals surface area contributed by atoms with E-state index in [-0.39, 0.29) is 18.3 Å². The number of piperidine rings is 1. The molecule has 1 aromatic rings. The summed E-state index contributed by atoms with van der Waals surface area (Å²) in [6.07, 6.45) is 0.906. The van der Waals surface area contributed by atoms with Crippen LogP contribution in [-0.4, -0.2) is 41.8 Å². The number of ether oxygens (including phenoxy) is 1. The number of carbonyl (C=O) groups is 1. The number of hydrogen-bond donors (Lipinski definition) is 2. The van der Waals surface area contributed by atoms with Crippen LogP contribution in [0.25, 0.3) is 0 Å². The third kappa shape index (κ3) is 4.29. The van der Waals surface area contributed by atoms with Gasteiger partial charge >= 0.3 is 12.6 Å². The number of anilines is 1. The van der Waals surface area contributed by atoms with Crippen molar-refractivity contribution >= 4 is 11.7 Å². The zero-order valence-corrected chi connectivity index (χ0v) is 11.7. The Kier molecular flexibility index (Phi) is 4.95. The molecule has 21 heavy (non-hydrogen) atoms. The van der Waals surface area contributed by atoms with Gasteiger partial charge in [-0.15, -0.1) is 0 Å². The molecule has 1 heterocycles. The molecule has 1 saturated heterocycles. The summed E-state index contributed by atoms with van der Waals surface area (Å²) >= 11 is 0. The van der Waals surface area contributed by atoms with Crippen LogP contribution in [0, 0.1) is 6.92 Å². The molecule has 0 aromatic heterocycles. The summed E-state index contributed by atoms with van der Waals surface area (Å²) in [4.78, 5) is 13.5. The number of likely N-dealkylation sites (tertiary alicyclic amines) is 1. The Morgan fingerprint density at radius 2 is 2.29 bits per heavy atom. The fourth-order valence-electron chi connectivity index (χ4n) is 2.24. The van der Waals surface area contributed by atoms with E-state index in [4.69, 9.17) is 0 Å². The number of nitrogens with zero attached hydrogens (tertiary/aromatic N) is 1. The van der Waals surface area contributed by atoms with Crippen molar-refractivity contribution in [1.29, 1.82) is 0 Å². The second-order valence-corrected chi connectivity index (χ2v) is 5.03. The number of benzene rings is 1. The number of nitrogens with one attached hydrogen (secondary N) is 1. The van der Waals surface area contributed by atoms with Gasteiger partial charge in [-0.25, -0.2) is 4.79 Å². The zero-order valence-electron chi connectivity index (χ0n) is 11.7. The fourth-order valence-corrected chi connectivity index (χ4v) is 2.24. The van der Waals surface area contributed by atoms with Gasteiger partial charge in [0.2, 0.25) is 0 Å². The van der Waals surface area contributed by atoms with Gasteiger partial charge in [0, 0.05) is 24.8 Å². The predicted molar refractivity (Wildman–Crippen MR) is 73.6 cm³/mol. The molecule has 0 radical (unpaired) electrons. The van der Waals surface area contributed by atoms with Crippen LogP contribution in [0.2, 0.25) is 0 Å². The van der Waals surface area contributed by atoms with E-state index in [0.29, 0.717) is 24.2 Å². The highest BCUT2D eigenvalue weighted by molar-refractivity contribution is 5.89. The lowest BCUT2D eigenvalue weighted by Gasteiger charge is -2.30. The van der Waals surface area contributed by atoms with Crippen LogP contribution in [0.4, 0.5) is 19.3 Å². The second kappa shape index (κ2) is 6.71. The number of β-amino-alcohol motifs (C(OH)–C–C–N with tert-alkyl or cyclic N) is 1. The van der Waals surface area contributed by atoms with E-state index in [9.17, 15) is 18.7 Å². The molecule has 1 fully saturated rings. The van der Waals surface area contributed by atoms with Crippen molar-refractivity contribution in [2.75, 3.05) is 18.4 Å². The average molecular weight is 300 g/mol. The van der Waals surface area contributed by atoms with Crippen molar-refractivity contribution in [2.45, 2.75) is 32.5 Å². The second-order valence-electron chi connectivity index (χ2n) is 5.03. The molecule has 2 N–H and O–H groups in total. The van der Waals surface area contributed by atoms with E-state index in [1.165, 1.54) is 11.0 Å². The lowest BCUT2D eigenvalue weighted by Crippen LogP contribution is -2.44. The predicted octanol–water partition coefficient (Wildman–Crippen LogP) is 2.59. The number of aliphatic hydroxyl groups excluding tert-OH is 1. The maximum Gasteiger partial charge on any atom is 0.387 e. The SMILES string of the molecule is Cc1ccc(NC(=O)N2CCCC(O)C2)cc1OC(F)F. The summed E-state index contributed by atoms with van der Waals surface area (Å²) in [5.41, 5.74) is 0.933. The van der Waals surface area contributed by atoms with E-state index in [1.807, 2.05) is 0 Å². The minimum absolute atomic E-state index is 0.0291. The van der Waals surface area contributed by atoms with E-state index in [0.717, 1.165) is 6.42 Å². The van der Waals surface area contributed by atoms with Crippen molar-refractivity contribution in [3.63, 3.8) is 0 Å². The highest BCUT2D eigenvalue weighted by atomic mass is 19.3. The third-order valence-electron chi connectivity index (χ3n) is 3.34. The van der Waals surface area contributed by atoms with Gasteiger partial charge in [-0.3, -0.25) is 0 Å². The number of halogens is 2. The molecular formula is C14H18F2N2O3. The molecule has 0 spiro atoms. The molecule has 5 nitrogen and oxygen atoms in total. The van der Waals surface area contributed by atoms with Crippen molar-refractivity contribution in [1.82, 2.24) is 4.90 Å². The topological polar surface area (TPSA) is 61.8 Å². The van der Waals surface area contributed by atoms with Crippen LogP contribution in [0.1, 0.15) is 18.4 Å². The molecule has 2 amide bonds. The highest BCUT2D eigenvalue weighted by Crippen LogP contribution is 2.24. The average Bonchev–Trinajstić information content (AvgIpc) is 2.42. The molecule has 1 aromatic carbocycles. The third-order valence-corrected chi connectivity index (χ3v) is 3.34. The van der Waals surface area contributed by atoms with Crippen LogP contribution < -0.4 is 10.1 Å². The van der Waals surface area contributed by atoms with Gasteiger partial charge in [0.15, 0.2) is 0 Å². The lowest BCUT2D eigenvalue weighted by atomic mass is 10.1. The Morgan fingerprint density at radius 3 is 2.95 bits per heavy atom. The largest absolute Gasteiger partial charge is 0.434 e. The molecule has 1 atom stereocenters. The molecule has 2 rings (SSSR count). The summed E-state index contributed by atoms with van der Waals surface area (Å²) < 4.78 is 29.0. The summed E-state index contributed by atoms with van der Waals surface area (Å²) in [6, 6.07) is 4.21. The highest BCUT2D eigenvalue weighted by Gasteiger charge is 2.22. The first-order valence-corrected chi connectivity index (χ1v) is 6.75. The molecule has 0 bridgehead atoms. The van der Waals surface area contributed by atoms with E-state index in [1.54, 1.807) is 19.1 Å². The normalized spacial score (nSPS) is 18.7. The Hall–Kier alpha value is -1.89. The number of carbonyl (C=O) groups excluding carboxylic acids is 1. The molecular weight excluding hydrogens is 282 g/mol. The molecule has 0 saturated carbocycles. The van der Waals surface area contributed by atoms with Crippen LogP contribution >= 0.6 is 0 Å². The number of hydrogen-bond acceptors (Lipinski definition) is 3. The summed E-state index contributed by atoms with van der Waals surface area (Å²) in [5, 5.41) is 12.2. The van der Waals surface area contributed by atoms with Crippen LogP contribution in [0.15, 0.2) is 18.2 Å². The number of rotatable bonds is 3. The maximum atomic E-state index is 12.3. The number of aliphatic hydroxyl groups is 1. The number of urea groups is 1. The Labute approximate surface area is 121 Å². The fraction of sp³-hybridized carbons (Fsp3) is 0.500. The summed E-state index contributed by atoms with van der Waals surface area (Å²) in [5.74, 6) is 0.0291. The first-order chi connectivity index (χ1) is 9.95. The first-order valence-electron chi connectivity index (χ1n) is 6.75. The summed E-state index contributed by atoms with van der Waals surface area (Å²) in [7, 11) is 0. The Bertz CT molecular complexity index is 511. The van der Waals surface area contributed by atoms with Crippen molar-refractivity contribution < 1.29 is 23.4 Å². The molecule has 0 aliphatic carbocycles. The molecule has 1 unspecified atom stereocenters. The van der Waals surface area contributed by atoms with Gasteiger partial charge in [0.25, 0.3) is 0 Å². The van der Waals surface area contributed by atoms with Crippen molar-refractivity contribution in [3.05, 3.63) is 23.8 Å². The number of amides is 2. The standard InChI is InChI=1S/C14H18F2N2O3/c1-9-4-5-10(7-12(9)21-13(15)16)17-14(20)18-6-2-3-11(19)8-18/h4-5,7,11,13,19H,2-3,6,8H2,1H3,(H,17,20). The molecule has 7 heteroatoms. The van der Waals surface area contributed by atoms with Crippen molar-refractivity contribution in [2.24, 2.45) is 0 Å². The van der Waals surface area contributed by atoms with Crippen molar-refractivity contribution in [3.8, 4) is 5.75 Å². The van der Waals surface area contributed by atoms with E-state index >= 15 is 0 Å². The molecule has 1 aliphatic rings. The molecule has 116 valence electrons. The minimum Gasteiger partial charge on any atom is -0.434 e. The van der Waals surface area contributed by atoms with Crippen LogP contribution in [0.3, 0.4) is 0 Å². The summed E-state index contributed by atoms with van der Waals surface area (Å²) in [6.45, 7) is -0.427. The smallest absolute Gasteiger partial charge is 0.387 e. The number of alkyl halides is 2. The van der Waals surface area contributed by atoms with Gasteiger partial charge in [0.1, 0.15) is 5.75 Å². The quantitative estimate of drug-likeness (QED) is 0.902. The van der Waals surface area contributed by atoms with E-state index in [2.05, 4.69) is 10.1 Å². The Balaban J connectivity index is 2.03. The first kappa shape index (κ1) is 15.5. The van der Waals surface area contributed by atoms with Crippen LogP contribution in [0.5, 0.6) is 5.75 Å². The Morgan fingerprint density at radius 1 is 1.52 bits per heavy atom. The molecule has 1 aliphatic heterocycles. The van der Waals surface area contributed by atoms with Gasteiger partial charge < -0.3 is 20.1 Å². The van der Waals surface area contributed by atoms with Gasteiger partial charge in [0.05, 0.1) is 6.10 Å².